The molecule has 0 spiro atoms. The lowest BCUT2D eigenvalue weighted by molar-refractivity contribution is -0.0372. The van der Waals surface area contributed by atoms with Gasteiger partial charge in [0, 0.05) is 64.0 Å². The van der Waals surface area contributed by atoms with Crippen LogP contribution in [0.5, 0.6) is 0 Å². The number of morpholine rings is 1. The van der Waals surface area contributed by atoms with E-state index < -0.39 is 0 Å². The van der Waals surface area contributed by atoms with Crippen LogP contribution in [0.3, 0.4) is 0 Å². The van der Waals surface area contributed by atoms with Crippen LogP contribution in [0, 0.1) is 17.8 Å². The van der Waals surface area contributed by atoms with E-state index in [9.17, 15) is 0 Å². The van der Waals surface area contributed by atoms with Crippen LogP contribution in [-0.4, -0.2) is 93.9 Å². The fourth-order valence-corrected chi connectivity index (χ4v) is 4.00. The van der Waals surface area contributed by atoms with Crippen LogP contribution in [-0.2, 0) is 11.3 Å². The van der Waals surface area contributed by atoms with Gasteiger partial charge in [-0.1, -0.05) is 37.8 Å². The summed E-state index contributed by atoms with van der Waals surface area (Å²) < 4.78 is 6.01. The summed E-state index contributed by atoms with van der Waals surface area (Å²) in [6, 6.07) is 9.11. The third-order valence-corrected chi connectivity index (χ3v) is 5.69. The molecule has 2 aliphatic heterocycles. The Bertz CT molecular complexity index is 670. The van der Waals surface area contributed by atoms with E-state index in [1.807, 2.05) is 0 Å². The maximum Gasteiger partial charge on any atom is 0.0829 e. The zero-order valence-electron chi connectivity index (χ0n) is 18.7. The van der Waals surface area contributed by atoms with Crippen LogP contribution in [0.2, 0.25) is 0 Å². The van der Waals surface area contributed by atoms with Gasteiger partial charge in [0.2, 0.25) is 0 Å². The molecule has 2 aliphatic rings. The molecule has 0 N–H and O–H groups in total. The highest BCUT2D eigenvalue weighted by Crippen LogP contribution is 2.18. The average molecular weight is 399 g/mol. The first-order valence-electron chi connectivity index (χ1n) is 11.0. The van der Waals surface area contributed by atoms with Crippen molar-refractivity contribution in [1.82, 2.24) is 14.7 Å². The van der Waals surface area contributed by atoms with Crippen LogP contribution in [0.1, 0.15) is 19.4 Å². The number of piperazine rings is 1. The van der Waals surface area contributed by atoms with Crippen molar-refractivity contribution in [3.63, 3.8) is 0 Å². The molecule has 0 amide bonds. The Labute approximate surface area is 177 Å². The SMILES string of the molecule is CC(C)C#CCN1CCO[C@H](CN(C)Cc2ccc(N3CCN(C)CC3)cc2)C1. The van der Waals surface area contributed by atoms with Crippen molar-refractivity contribution in [2.75, 3.05) is 78.0 Å². The second kappa shape index (κ2) is 11.0. The molecule has 29 heavy (non-hydrogen) atoms. The van der Waals surface area contributed by atoms with Crippen molar-refractivity contribution in [2.45, 2.75) is 26.5 Å². The molecule has 0 aromatic heterocycles. The molecule has 160 valence electrons. The normalized spacial score (nSPS) is 21.4. The van der Waals surface area contributed by atoms with Crippen molar-refractivity contribution >= 4 is 5.69 Å². The molecule has 0 radical (unpaired) electrons. The van der Waals surface area contributed by atoms with Gasteiger partial charge in [0.05, 0.1) is 19.3 Å². The molecular formula is C24H38N4O. The van der Waals surface area contributed by atoms with E-state index >= 15 is 0 Å². The average Bonchev–Trinajstić information content (AvgIpc) is 2.69. The smallest absolute Gasteiger partial charge is 0.0829 e. The van der Waals surface area contributed by atoms with Gasteiger partial charge in [-0.05, 0) is 31.8 Å². The van der Waals surface area contributed by atoms with Gasteiger partial charge in [-0.25, -0.2) is 0 Å². The molecule has 1 aromatic carbocycles. The van der Waals surface area contributed by atoms with E-state index in [0.717, 1.165) is 65.5 Å². The van der Waals surface area contributed by atoms with Crippen molar-refractivity contribution in [2.24, 2.45) is 5.92 Å². The summed E-state index contributed by atoms with van der Waals surface area (Å²) in [7, 11) is 4.39. The van der Waals surface area contributed by atoms with E-state index in [0.29, 0.717) is 5.92 Å². The highest BCUT2D eigenvalue weighted by atomic mass is 16.5. The zero-order chi connectivity index (χ0) is 20.6. The minimum absolute atomic E-state index is 0.263. The Hall–Kier alpha value is -1.58. The minimum atomic E-state index is 0.263. The summed E-state index contributed by atoms with van der Waals surface area (Å²) in [4.78, 5) is 9.67. The summed E-state index contributed by atoms with van der Waals surface area (Å²) >= 11 is 0. The summed E-state index contributed by atoms with van der Waals surface area (Å²) in [5.74, 6) is 7.01. The number of ether oxygens (including phenoxy) is 1. The molecule has 0 unspecified atom stereocenters. The Morgan fingerprint density at radius 3 is 2.52 bits per heavy atom. The van der Waals surface area contributed by atoms with Crippen LogP contribution in [0.4, 0.5) is 5.69 Å². The molecule has 2 heterocycles. The lowest BCUT2D eigenvalue weighted by Crippen LogP contribution is -2.46. The van der Waals surface area contributed by atoms with Crippen LogP contribution < -0.4 is 4.90 Å². The van der Waals surface area contributed by atoms with Gasteiger partial charge in [0.25, 0.3) is 0 Å². The number of rotatable bonds is 6. The van der Waals surface area contributed by atoms with Gasteiger partial charge in [0.15, 0.2) is 0 Å². The number of nitrogens with zero attached hydrogens (tertiary/aromatic N) is 4. The highest BCUT2D eigenvalue weighted by Gasteiger charge is 2.21. The first kappa shape index (κ1) is 22.1. The third-order valence-electron chi connectivity index (χ3n) is 5.69. The molecule has 2 fully saturated rings. The maximum absolute atomic E-state index is 6.01. The quantitative estimate of drug-likeness (QED) is 0.684. The van der Waals surface area contributed by atoms with Crippen molar-refractivity contribution in [3.8, 4) is 11.8 Å². The number of hydrogen-bond donors (Lipinski definition) is 0. The number of anilines is 1. The van der Waals surface area contributed by atoms with Crippen molar-refractivity contribution in [1.29, 1.82) is 0 Å². The summed E-state index contributed by atoms with van der Waals surface area (Å²) in [6.07, 6.45) is 0.263. The molecule has 1 atom stereocenters. The Balaban J connectivity index is 1.44. The first-order valence-corrected chi connectivity index (χ1v) is 11.0. The number of hydrogen-bond acceptors (Lipinski definition) is 5. The maximum atomic E-state index is 6.01. The molecule has 0 saturated carbocycles. The summed E-state index contributed by atoms with van der Waals surface area (Å²) in [5.41, 5.74) is 2.71. The van der Waals surface area contributed by atoms with E-state index in [1.165, 1.54) is 11.3 Å². The molecule has 3 rings (SSSR count). The van der Waals surface area contributed by atoms with Crippen molar-refractivity contribution in [3.05, 3.63) is 29.8 Å². The lowest BCUT2D eigenvalue weighted by atomic mass is 10.1. The van der Waals surface area contributed by atoms with Gasteiger partial charge >= 0.3 is 0 Å². The van der Waals surface area contributed by atoms with Crippen LogP contribution in [0.25, 0.3) is 0 Å². The third kappa shape index (κ3) is 7.31. The molecular weight excluding hydrogens is 360 g/mol. The first-order chi connectivity index (χ1) is 14.0. The minimum Gasteiger partial charge on any atom is -0.374 e. The molecule has 5 nitrogen and oxygen atoms in total. The van der Waals surface area contributed by atoms with Gasteiger partial charge in [-0.2, -0.15) is 0 Å². The van der Waals surface area contributed by atoms with Gasteiger partial charge < -0.3 is 14.5 Å². The summed E-state index contributed by atoms with van der Waals surface area (Å²) in [6.45, 7) is 14.3. The van der Waals surface area contributed by atoms with E-state index in [4.69, 9.17) is 4.74 Å². The molecule has 5 heteroatoms. The Kier molecular flexibility index (Phi) is 8.38. The van der Waals surface area contributed by atoms with Gasteiger partial charge in [-0.15, -0.1) is 0 Å². The molecule has 0 aliphatic carbocycles. The van der Waals surface area contributed by atoms with E-state index in [2.05, 4.69) is 83.6 Å². The van der Waals surface area contributed by atoms with Crippen LogP contribution >= 0.6 is 0 Å². The van der Waals surface area contributed by atoms with Gasteiger partial charge in [-0.3, -0.25) is 9.80 Å². The topological polar surface area (TPSA) is 22.2 Å². The Morgan fingerprint density at radius 2 is 1.83 bits per heavy atom. The molecule has 2 saturated heterocycles. The van der Waals surface area contributed by atoms with Crippen LogP contribution in [0.15, 0.2) is 24.3 Å². The fraction of sp³-hybridized carbons (Fsp3) is 0.667. The monoisotopic (exact) mass is 398 g/mol. The van der Waals surface area contributed by atoms with E-state index in [-0.39, 0.29) is 6.10 Å². The molecule has 0 bridgehead atoms. The highest BCUT2D eigenvalue weighted by molar-refractivity contribution is 5.48. The second-order valence-electron chi connectivity index (χ2n) is 8.86. The standard InChI is InChI=1S/C24H38N4O/c1-21(2)6-5-11-27-16-17-29-24(20-27)19-26(4)18-22-7-9-23(10-8-22)28-14-12-25(3)13-15-28/h7-10,21,24H,11-20H2,1-4H3/t24-/m1/s1. The fourth-order valence-electron chi connectivity index (χ4n) is 4.00. The van der Waals surface area contributed by atoms with Gasteiger partial charge in [0.1, 0.15) is 0 Å². The molecule has 1 aromatic rings. The number of likely N-dealkylation sites (N-methyl/N-ethyl adjacent to an activating group) is 2. The van der Waals surface area contributed by atoms with E-state index in [1.54, 1.807) is 0 Å². The predicted molar refractivity (Wildman–Crippen MR) is 121 cm³/mol. The Morgan fingerprint density at radius 1 is 1.10 bits per heavy atom. The second-order valence-corrected chi connectivity index (χ2v) is 8.86. The number of benzene rings is 1. The largest absolute Gasteiger partial charge is 0.374 e. The summed E-state index contributed by atoms with van der Waals surface area (Å²) in [5, 5.41) is 0. The predicted octanol–water partition coefficient (Wildman–Crippen LogP) is 2.23. The van der Waals surface area contributed by atoms with Crippen molar-refractivity contribution < 1.29 is 4.74 Å². The zero-order valence-corrected chi connectivity index (χ0v) is 18.7. The lowest BCUT2D eigenvalue weighted by Gasteiger charge is -2.34.